The molecule has 0 saturated heterocycles. The number of aromatic nitrogens is 2. The van der Waals surface area contributed by atoms with E-state index in [9.17, 15) is 4.39 Å². The molecule has 3 aromatic rings. The molecule has 1 heterocycles. The molecule has 0 saturated carbocycles. The summed E-state index contributed by atoms with van der Waals surface area (Å²) in [4.78, 5) is 0. The number of hydrogen-bond acceptors (Lipinski definition) is 2. The third-order valence-electron chi connectivity index (χ3n) is 3.45. The standard InChI is InChI=1S/C18H16ClFN2O/c1-12(2)22-18(20)15(11-21-22)13-7-9-14(10-8-13)23-17-6-4-3-5-16(17)19/h3-12H,1-2H3. The number of para-hydroxylation sites is 1. The minimum absolute atomic E-state index is 0.0217. The van der Waals surface area contributed by atoms with Gasteiger partial charge in [0, 0.05) is 6.04 Å². The van der Waals surface area contributed by atoms with Gasteiger partial charge in [-0.05, 0) is 43.7 Å². The summed E-state index contributed by atoms with van der Waals surface area (Å²) in [5, 5.41) is 4.63. The Morgan fingerprint density at radius 1 is 1.09 bits per heavy atom. The van der Waals surface area contributed by atoms with Crippen molar-refractivity contribution >= 4 is 11.6 Å². The summed E-state index contributed by atoms with van der Waals surface area (Å²) in [6, 6.07) is 14.4. The first kappa shape index (κ1) is 15.6. The Kier molecular flexibility index (Phi) is 4.35. The van der Waals surface area contributed by atoms with Crippen LogP contribution in [0.25, 0.3) is 11.1 Å². The van der Waals surface area contributed by atoms with E-state index in [0.29, 0.717) is 22.1 Å². The van der Waals surface area contributed by atoms with E-state index in [2.05, 4.69) is 5.10 Å². The Hall–Kier alpha value is -2.33. The number of nitrogens with zero attached hydrogens (tertiary/aromatic N) is 2. The molecule has 3 nitrogen and oxygen atoms in total. The van der Waals surface area contributed by atoms with Crippen LogP contribution in [0.5, 0.6) is 11.5 Å². The molecule has 0 amide bonds. The zero-order valence-electron chi connectivity index (χ0n) is 12.8. The van der Waals surface area contributed by atoms with Gasteiger partial charge in [0.2, 0.25) is 5.95 Å². The predicted octanol–water partition coefficient (Wildman–Crippen LogP) is 5.72. The highest BCUT2D eigenvalue weighted by Crippen LogP contribution is 2.31. The van der Waals surface area contributed by atoms with Gasteiger partial charge in [0.25, 0.3) is 0 Å². The molecule has 2 aromatic carbocycles. The predicted molar refractivity (Wildman–Crippen MR) is 89.5 cm³/mol. The first-order chi connectivity index (χ1) is 11.1. The Balaban J connectivity index is 1.84. The average Bonchev–Trinajstić information content (AvgIpc) is 2.92. The zero-order chi connectivity index (χ0) is 16.4. The first-order valence-electron chi connectivity index (χ1n) is 7.32. The molecule has 0 aliphatic carbocycles. The summed E-state index contributed by atoms with van der Waals surface area (Å²) in [6.45, 7) is 3.78. The summed E-state index contributed by atoms with van der Waals surface area (Å²) in [7, 11) is 0. The van der Waals surface area contributed by atoms with Gasteiger partial charge < -0.3 is 4.74 Å². The smallest absolute Gasteiger partial charge is 0.219 e. The van der Waals surface area contributed by atoms with Crippen molar-refractivity contribution in [2.24, 2.45) is 0 Å². The Bertz CT molecular complexity index is 812. The van der Waals surface area contributed by atoms with Gasteiger partial charge in [0.1, 0.15) is 11.5 Å². The van der Waals surface area contributed by atoms with E-state index in [1.165, 1.54) is 4.68 Å². The van der Waals surface area contributed by atoms with Crippen LogP contribution in [0.15, 0.2) is 54.7 Å². The molecule has 0 aliphatic heterocycles. The SMILES string of the molecule is CC(C)n1ncc(-c2ccc(Oc3ccccc3Cl)cc2)c1F. The largest absolute Gasteiger partial charge is 0.456 e. The molecule has 1 aromatic heterocycles. The Morgan fingerprint density at radius 2 is 1.78 bits per heavy atom. The number of rotatable bonds is 4. The van der Waals surface area contributed by atoms with Crippen molar-refractivity contribution in [2.75, 3.05) is 0 Å². The lowest BCUT2D eigenvalue weighted by molar-refractivity contribution is 0.417. The van der Waals surface area contributed by atoms with Crippen molar-refractivity contribution in [3.63, 3.8) is 0 Å². The van der Waals surface area contributed by atoms with E-state index >= 15 is 0 Å². The number of halogens is 2. The lowest BCUT2D eigenvalue weighted by Gasteiger charge is -2.08. The van der Waals surface area contributed by atoms with Crippen LogP contribution in [-0.2, 0) is 0 Å². The molecule has 0 spiro atoms. The maximum Gasteiger partial charge on any atom is 0.219 e. The van der Waals surface area contributed by atoms with E-state index in [-0.39, 0.29) is 12.0 Å². The monoisotopic (exact) mass is 330 g/mol. The quantitative estimate of drug-likeness (QED) is 0.612. The van der Waals surface area contributed by atoms with Gasteiger partial charge in [0.05, 0.1) is 16.8 Å². The summed E-state index contributed by atoms with van der Waals surface area (Å²) < 4.78 is 21.4. The molecule has 0 radical (unpaired) electrons. The van der Waals surface area contributed by atoms with Gasteiger partial charge >= 0.3 is 0 Å². The lowest BCUT2D eigenvalue weighted by atomic mass is 10.1. The molecule has 0 aliphatic rings. The van der Waals surface area contributed by atoms with Crippen molar-refractivity contribution in [3.8, 4) is 22.6 Å². The molecule has 0 unspecified atom stereocenters. The van der Waals surface area contributed by atoms with Crippen LogP contribution in [0.2, 0.25) is 5.02 Å². The van der Waals surface area contributed by atoms with Gasteiger partial charge in [-0.25, -0.2) is 4.68 Å². The van der Waals surface area contributed by atoms with Crippen molar-refractivity contribution in [2.45, 2.75) is 19.9 Å². The average molecular weight is 331 g/mol. The summed E-state index contributed by atoms with van der Waals surface area (Å²) in [6.07, 6.45) is 1.54. The van der Waals surface area contributed by atoms with Crippen LogP contribution >= 0.6 is 11.6 Å². The molecule has 0 atom stereocenters. The van der Waals surface area contributed by atoms with Crippen LogP contribution in [0, 0.1) is 5.95 Å². The van der Waals surface area contributed by atoms with E-state index in [4.69, 9.17) is 16.3 Å². The van der Waals surface area contributed by atoms with E-state index in [1.807, 2.05) is 26.0 Å². The van der Waals surface area contributed by atoms with Crippen molar-refractivity contribution in [1.82, 2.24) is 9.78 Å². The summed E-state index contributed by atoms with van der Waals surface area (Å²) in [5.74, 6) is 0.888. The van der Waals surface area contributed by atoms with Gasteiger partial charge in [-0.3, -0.25) is 0 Å². The normalized spacial score (nSPS) is 11.0. The van der Waals surface area contributed by atoms with Crippen molar-refractivity contribution in [3.05, 3.63) is 65.7 Å². The second kappa shape index (κ2) is 6.42. The molecule has 5 heteroatoms. The highest BCUT2D eigenvalue weighted by molar-refractivity contribution is 6.32. The minimum atomic E-state index is -0.334. The summed E-state index contributed by atoms with van der Waals surface area (Å²) in [5.41, 5.74) is 1.23. The zero-order valence-corrected chi connectivity index (χ0v) is 13.6. The molecule has 118 valence electrons. The van der Waals surface area contributed by atoms with Crippen LogP contribution < -0.4 is 4.74 Å². The molecular weight excluding hydrogens is 315 g/mol. The fraction of sp³-hybridized carbons (Fsp3) is 0.167. The Morgan fingerprint density at radius 3 is 2.39 bits per heavy atom. The number of benzene rings is 2. The second-order valence-corrected chi connectivity index (χ2v) is 5.85. The third kappa shape index (κ3) is 3.22. The van der Waals surface area contributed by atoms with Crippen LogP contribution in [0.1, 0.15) is 19.9 Å². The number of hydrogen-bond donors (Lipinski definition) is 0. The second-order valence-electron chi connectivity index (χ2n) is 5.44. The van der Waals surface area contributed by atoms with Crippen LogP contribution in [-0.4, -0.2) is 9.78 Å². The maximum atomic E-state index is 14.3. The van der Waals surface area contributed by atoms with Gasteiger partial charge in [-0.2, -0.15) is 9.49 Å². The third-order valence-corrected chi connectivity index (χ3v) is 3.77. The van der Waals surface area contributed by atoms with Gasteiger partial charge in [-0.1, -0.05) is 35.9 Å². The molecule has 3 rings (SSSR count). The molecule has 23 heavy (non-hydrogen) atoms. The van der Waals surface area contributed by atoms with Crippen molar-refractivity contribution in [1.29, 1.82) is 0 Å². The molecule has 0 fully saturated rings. The van der Waals surface area contributed by atoms with Crippen molar-refractivity contribution < 1.29 is 9.13 Å². The lowest BCUT2D eigenvalue weighted by Crippen LogP contribution is -2.05. The van der Waals surface area contributed by atoms with Crippen LogP contribution in [0.3, 0.4) is 0 Å². The fourth-order valence-electron chi connectivity index (χ4n) is 2.26. The first-order valence-corrected chi connectivity index (χ1v) is 7.70. The fourth-order valence-corrected chi connectivity index (χ4v) is 2.43. The Labute approximate surface area is 139 Å². The summed E-state index contributed by atoms with van der Waals surface area (Å²) >= 11 is 6.07. The van der Waals surface area contributed by atoms with E-state index < -0.39 is 0 Å². The van der Waals surface area contributed by atoms with Gasteiger partial charge in [-0.15, -0.1) is 0 Å². The molecule has 0 bridgehead atoms. The maximum absolute atomic E-state index is 14.3. The topological polar surface area (TPSA) is 27.1 Å². The van der Waals surface area contributed by atoms with E-state index in [1.54, 1.807) is 42.6 Å². The highest BCUT2D eigenvalue weighted by atomic mass is 35.5. The van der Waals surface area contributed by atoms with Crippen LogP contribution in [0.4, 0.5) is 4.39 Å². The minimum Gasteiger partial charge on any atom is -0.456 e. The number of ether oxygens (including phenoxy) is 1. The van der Waals surface area contributed by atoms with E-state index in [0.717, 1.165) is 5.56 Å². The highest BCUT2D eigenvalue weighted by Gasteiger charge is 2.14. The molecular formula is C18H16ClFN2O. The molecule has 0 N–H and O–H groups in total. The van der Waals surface area contributed by atoms with Gasteiger partial charge in [0.15, 0.2) is 0 Å².